The molecule has 0 radical (unpaired) electrons. The number of carbonyl (C=O) groups is 3. The number of halogens is 1. The Bertz CT molecular complexity index is 1280. The molecule has 3 unspecified atom stereocenters. The standard InChI is InChI=1S/C30H36ClN3O5S/c1-5-19(15-35)34-26(28(37)33-25-16(3)8-7-9-21(25)31)30-17(4)14-22(40-30)23(24(30)29(34)38)27(36)32-18-10-12-20(13-11-18)39-6-2/h7-13,17,19,22-24,26,35H,5-6,14-15H2,1-4H3,(H,32,36)(H,33,37)/t17?,19-,22-,23+,24-,26?,30?/m0/s1. The van der Waals surface area contributed by atoms with Crippen molar-refractivity contribution < 1.29 is 24.2 Å². The predicted octanol–water partition coefficient (Wildman–Crippen LogP) is 4.73. The first-order valence-electron chi connectivity index (χ1n) is 13.9. The number of thioether (sulfide) groups is 1. The molecule has 214 valence electrons. The molecule has 3 fully saturated rings. The highest BCUT2D eigenvalue weighted by molar-refractivity contribution is 8.02. The van der Waals surface area contributed by atoms with E-state index in [4.69, 9.17) is 16.3 Å². The Kier molecular flexibility index (Phi) is 8.10. The number of aliphatic hydroxyl groups is 1. The number of carbonyl (C=O) groups excluding carboxylic acids is 3. The van der Waals surface area contributed by atoms with Gasteiger partial charge in [-0.1, -0.05) is 37.6 Å². The van der Waals surface area contributed by atoms with Gasteiger partial charge in [-0.25, -0.2) is 0 Å². The number of hydrogen-bond acceptors (Lipinski definition) is 6. The van der Waals surface area contributed by atoms with Gasteiger partial charge in [0, 0.05) is 10.9 Å². The fourth-order valence-electron chi connectivity index (χ4n) is 6.87. The van der Waals surface area contributed by atoms with E-state index < -0.39 is 28.7 Å². The third kappa shape index (κ3) is 4.56. The van der Waals surface area contributed by atoms with E-state index in [0.29, 0.717) is 41.6 Å². The van der Waals surface area contributed by atoms with E-state index in [2.05, 4.69) is 17.6 Å². The zero-order valence-corrected chi connectivity index (χ0v) is 24.7. The van der Waals surface area contributed by atoms with Crippen molar-refractivity contribution in [3.8, 4) is 5.75 Å². The molecular weight excluding hydrogens is 550 g/mol. The summed E-state index contributed by atoms with van der Waals surface area (Å²) >= 11 is 8.04. The molecule has 5 rings (SSSR count). The molecule has 2 bridgehead atoms. The van der Waals surface area contributed by atoms with Crippen LogP contribution in [0.3, 0.4) is 0 Å². The van der Waals surface area contributed by atoms with E-state index in [1.807, 2.05) is 32.9 Å². The van der Waals surface area contributed by atoms with Crippen molar-refractivity contribution in [2.75, 3.05) is 23.8 Å². The van der Waals surface area contributed by atoms with Gasteiger partial charge in [0.25, 0.3) is 0 Å². The molecule has 3 N–H and O–H groups in total. The summed E-state index contributed by atoms with van der Waals surface area (Å²) in [7, 11) is 0. The van der Waals surface area contributed by atoms with Crippen LogP contribution in [-0.4, -0.2) is 63.0 Å². The number of benzene rings is 2. The summed E-state index contributed by atoms with van der Waals surface area (Å²) in [6.07, 6.45) is 1.19. The lowest BCUT2D eigenvalue weighted by atomic mass is 9.66. The van der Waals surface area contributed by atoms with E-state index in [1.165, 1.54) is 0 Å². The molecule has 0 saturated carbocycles. The SMILES string of the molecule is CCOc1ccc(NC(=O)[C@@H]2[C@@H]3CC(C)C4(S3)C(C(=O)Nc3c(C)cccc3Cl)N([C@@H](CC)CO)C(=O)[C@H]24)cc1. The number of aliphatic hydroxyl groups excluding tert-OH is 1. The molecule has 7 atom stereocenters. The molecule has 1 spiro atoms. The Morgan fingerprint density at radius 1 is 1.18 bits per heavy atom. The molecule has 2 aromatic rings. The van der Waals surface area contributed by atoms with Gasteiger partial charge in [0.15, 0.2) is 0 Å². The lowest BCUT2D eigenvalue weighted by Gasteiger charge is -2.40. The number of likely N-dealkylation sites (tertiary alicyclic amines) is 1. The van der Waals surface area contributed by atoms with Crippen LogP contribution in [-0.2, 0) is 14.4 Å². The Balaban J connectivity index is 1.50. The van der Waals surface area contributed by atoms with E-state index in [9.17, 15) is 19.5 Å². The normalized spacial score (nSPS) is 29.3. The third-order valence-corrected chi connectivity index (χ3v) is 11.1. The lowest BCUT2D eigenvalue weighted by Crippen LogP contribution is -2.57. The number of rotatable bonds is 9. The van der Waals surface area contributed by atoms with Crippen LogP contribution < -0.4 is 15.4 Å². The maximum atomic E-state index is 14.3. The summed E-state index contributed by atoms with van der Waals surface area (Å²) in [5, 5.41) is 16.6. The van der Waals surface area contributed by atoms with Crippen molar-refractivity contribution in [1.82, 2.24) is 4.90 Å². The minimum atomic E-state index is -0.856. The molecular formula is C30H36ClN3O5S. The number of para-hydroxylation sites is 1. The van der Waals surface area contributed by atoms with Crippen molar-refractivity contribution in [1.29, 1.82) is 0 Å². The Morgan fingerprint density at radius 2 is 1.90 bits per heavy atom. The number of nitrogens with one attached hydrogen (secondary N) is 2. The summed E-state index contributed by atoms with van der Waals surface area (Å²) in [6, 6.07) is 11.2. The quantitative estimate of drug-likeness (QED) is 0.393. The van der Waals surface area contributed by atoms with Crippen LogP contribution in [0.15, 0.2) is 42.5 Å². The number of nitrogens with zero attached hydrogens (tertiary/aromatic N) is 1. The summed E-state index contributed by atoms with van der Waals surface area (Å²) in [6.45, 7) is 8.00. The monoisotopic (exact) mass is 585 g/mol. The molecule has 0 aromatic heterocycles. The Hall–Kier alpha value is -2.75. The first-order valence-corrected chi connectivity index (χ1v) is 15.1. The van der Waals surface area contributed by atoms with Gasteiger partial charge in [0.1, 0.15) is 11.8 Å². The first kappa shape index (κ1) is 28.8. The molecule has 8 nitrogen and oxygen atoms in total. The average Bonchev–Trinajstić information content (AvgIpc) is 3.52. The molecule has 3 heterocycles. The smallest absolute Gasteiger partial charge is 0.248 e. The van der Waals surface area contributed by atoms with Gasteiger partial charge in [-0.3, -0.25) is 14.4 Å². The van der Waals surface area contributed by atoms with E-state index >= 15 is 0 Å². The molecule has 0 aliphatic carbocycles. The number of amides is 3. The van der Waals surface area contributed by atoms with Crippen LogP contribution in [0, 0.1) is 24.7 Å². The highest BCUT2D eigenvalue weighted by Crippen LogP contribution is 2.69. The van der Waals surface area contributed by atoms with Gasteiger partial charge in [-0.15, -0.1) is 11.8 Å². The van der Waals surface area contributed by atoms with Crippen LogP contribution in [0.1, 0.15) is 39.2 Å². The topological polar surface area (TPSA) is 108 Å². The maximum absolute atomic E-state index is 14.3. The second-order valence-electron chi connectivity index (χ2n) is 10.9. The largest absolute Gasteiger partial charge is 0.494 e. The Labute approximate surface area is 244 Å². The van der Waals surface area contributed by atoms with Gasteiger partial charge in [-0.05, 0) is 68.5 Å². The van der Waals surface area contributed by atoms with Crippen molar-refractivity contribution in [3.05, 3.63) is 53.1 Å². The van der Waals surface area contributed by atoms with Crippen LogP contribution in [0.5, 0.6) is 5.75 Å². The fraction of sp³-hybridized carbons (Fsp3) is 0.500. The van der Waals surface area contributed by atoms with Gasteiger partial charge < -0.3 is 25.4 Å². The highest BCUT2D eigenvalue weighted by Gasteiger charge is 2.76. The number of fused-ring (bicyclic) bond motifs is 1. The van der Waals surface area contributed by atoms with Crippen LogP contribution in [0.4, 0.5) is 11.4 Å². The van der Waals surface area contributed by atoms with Gasteiger partial charge in [0.2, 0.25) is 17.7 Å². The minimum Gasteiger partial charge on any atom is -0.494 e. The number of ether oxygens (including phenoxy) is 1. The van der Waals surface area contributed by atoms with E-state index in [-0.39, 0.29) is 35.5 Å². The number of hydrogen-bond donors (Lipinski definition) is 3. The highest BCUT2D eigenvalue weighted by atomic mass is 35.5. The molecule has 3 aliphatic rings. The van der Waals surface area contributed by atoms with Crippen molar-refractivity contribution in [2.45, 2.75) is 62.6 Å². The van der Waals surface area contributed by atoms with Crippen LogP contribution in [0.25, 0.3) is 0 Å². The molecule has 3 aliphatic heterocycles. The second kappa shape index (κ2) is 11.3. The van der Waals surface area contributed by atoms with Crippen molar-refractivity contribution >= 4 is 52.5 Å². The summed E-state index contributed by atoms with van der Waals surface area (Å²) in [5.74, 6) is -1.38. The lowest BCUT2D eigenvalue weighted by molar-refractivity contribution is -0.141. The van der Waals surface area contributed by atoms with E-state index in [0.717, 1.165) is 5.56 Å². The molecule has 40 heavy (non-hydrogen) atoms. The molecule has 2 aromatic carbocycles. The first-order chi connectivity index (χ1) is 19.2. The summed E-state index contributed by atoms with van der Waals surface area (Å²) in [4.78, 5) is 43.8. The second-order valence-corrected chi connectivity index (χ2v) is 12.9. The number of anilines is 2. The average molecular weight is 586 g/mol. The van der Waals surface area contributed by atoms with Gasteiger partial charge >= 0.3 is 0 Å². The van der Waals surface area contributed by atoms with E-state index in [1.54, 1.807) is 47.0 Å². The van der Waals surface area contributed by atoms with Crippen LogP contribution >= 0.6 is 23.4 Å². The van der Waals surface area contributed by atoms with Gasteiger partial charge in [0.05, 0.1) is 46.5 Å². The van der Waals surface area contributed by atoms with Gasteiger partial charge in [-0.2, -0.15) is 0 Å². The third-order valence-electron chi connectivity index (χ3n) is 8.71. The zero-order valence-electron chi connectivity index (χ0n) is 23.1. The zero-order chi connectivity index (χ0) is 28.8. The minimum absolute atomic E-state index is 0.00951. The molecule has 3 amide bonds. The summed E-state index contributed by atoms with van der Waals surface area (Å²) in [5.41, 5.74) is 1.94. The number of aryl methyl sites for hydroxylation is 1. The maximum Gasteiger partial charge on any atom is 0.248 e. The summed E-state index contributed by atoms with van der Waals surface area (Å²) < 4.78 is 4.70. The molecule has 10 heteroatoms. The van der Waals surface area contributed by atoms with Crippen molar-refractivity contribution in [2.24, 2.45) is 17.8 Å². The van der Waals surface area contributed by atoms with Crippen LogP contribution in [0.2, 0.25) is 5.02 Å². The molecule has 3 saturated heterocycles. The predicted molar refractivity (Wildman–Crippen MR) is 158 cm³/mol. The van der Waals surface area contributed by atoms with Crippen molar-refractivity contribution in [3.63, 3.8) is 0 Å². The Morgan fingerprint density at radius 3 is 2.52 bits per heavy atom. The fourth-order valence-corrected chi connectivity index (χ4v) is 9.55.